The number of rotatable bonds is 14. The minimum absolute atomic E-state index is 0.0547. The summed E-state index contributed by atoms with van der Waals surface area (Å²) in [5.41, 5.74) is 8.25. The average molecular weight is 514 g/mol. The summed E-state index contributed by atoms with van der Waals surface area (Å²) in [7, 11) is 0. The van der Waals surface area contributed by atoms with E-state index >= 15 is 0 Å². The third-order valence-electron chi connectivity index (χ3n) is 5.30. The van der Waals surface area contributed by atoms with Gasteiger partial charge in [-0.05, 0) is 54.8 Å². The van der Waals surface area contributed by atoms with Crippen molar-refractivity contribution in [2.75, 3.05) is 28.2 Å². The molecule has 0 aliphatic heterocycles. The monoisotopic (exact) mass is 513 g/mol. The maximum absolute atomic E-state index is 12.3. The molecule has 0 fully saturated rings. The summed E-state index contributed by atoms with van der Waals surface area (Å²) in [6.07, 6.45) is 2.13. The Bertz CT molecular complexity index is 1010. The summed E-state index contributed by atoms with van der Waals surface area (Å²) in [6.45, 7) is 4.09. The SMILES string of the molecule is CCC(=O)Nc1ccc(NC(=O)CCSCc2ccc(NC(=O)[C@@H](C)CCCNC(N)=O)cc2)cc1. The molecule has 0 unspecified atom stereocenters. The summed E-state index contributed by atoms with van der Waals surface area (Å²) in [4.78, 5) is 46.6. The topological polar surface area (TPSA) is 142 Å². The number of carbonyl (C=O) groups is 4. The van der Waals surface area contributed by atoms with Crippen LogP contribution in [0.3, 0.4) is 0 Å². The lowest BCUT2D eigenvalue weighted by atomic mass is 10.0. The number of nitrogens with one attached hydrogen (secondary N) is 4. The summed E-state index contributed by atoms with van der Waals surface area (Å²) < 4.78 is 0. The lowest BCUT2D eigenvalue weighted by Gasteiger charge is -2.12. The van der Waals surface area contributed by atoms with Gasteiger partial charge < -0.3 is 27.0 Å². The maximum atomic E-state index is 12.3. The molecule has 0 heterocycles. The fourth-order valence-electron chi connectivity index (χ4n) is 3.17. The molecule has 1 atom stereocenters. The molecule has 0 aliphatic rings. The first-order valence-electron chi connectivity index (χ1n) is 12.0. The van der Waals surface area contributed by atoms with Crippen molar-refractivity contribution in [2.45, 2.75) is 45.3 Å². The van der Waals surface area contributed by atoms with Crippen molar-refractivity contribution in [1.82, 2.24) is 5.32 Å². The van der Waals surface area contributed by atoms with Crippen LogP contribution < -0.4 is 27.0 Å². The Balaban J connectivity index is 1.65. The molecule has 5 amide bonds. The van der Waals surface area contributed by atoms with Gasteiger partial charge in [-0.1, -0.05) is 26.0 Å². The average Bonchev–Trinajstić information content (AvgIpc) is 2.86. The van der Waals surface area contributed by atoms with E-state index in [9.17, 15) is 19.2 Å². The van der Waals surface area contributed by atoms with Crippen molar-refractivity contribution in [3.63, 3.8) is 0 Å². The van der Waals surface area contributed by atoms with Gasteiger partial charge in [-0.3, -0.25) is 14.4 Å². The van der Waals surface area contributed by atoms with Crippen molar-refractivity contribution >= 4 is 52.6 Å². The Morgan fingerprint density at radius 3 is 2.00 bits per heavy atom. The highest BCUT2D eigenvalue weighted by molar-refractivity contribution is 7.98. The Kier molecular flexibility index (Phi) is 12.3. The Morgan fingerprint density at radius 1 is 0.861 bits per heavy atom. The fourth-order valence-corrected chi connectivity index (χ4v) is 4.07. The number of urea groups is 1. The number of anilines is 3. The van der Waals surface area contributed by atoms with E-state index < -0.39 is 6.03 Å². The molecule has 36 heavy (non-hydrogen) atoms. The molecule has 10 heteroatoms. The minimum atomic E-state index is -0.560. The number of carbonyl (C=O) groups excluding carboxylic acids is 4. The normalized spacial score (nSPS) is 11.3. The minimum Gasteiger partial charge on any atom is -0.352 e. The molecule has 2 aromatic carbocycles. The molecule has 0 bridgehead atoms. The maximum Gasteiger partial charge on any atom is 0.312 e. The van der Waals surface area contributed by atoms with Gasteiger partial charge in [0.1, 0.15) is 0 Å². The molecule has 6 N–H and O–H groups in total. The van der Waals surface area contributed by atoms with Gasteiger partial charge in [0, 0.05) is 53.9 Å². The van der Waals surface area contributed by atoms with Crippen LogP contribution in [0.15, 0.2) is 48.5 Å². The number of benzene rings is 2. The van der Waals surface area contributed by atoms with Crippen LogP contribution in [0.1, 0.15) is 45.1 Å². The third kappa shape index (κ3) is 11.3. The highest BCUT2D eigenvalue weighted by Gasteiger charge is 2.13. The molecule has 0 saturated heterocycles. The number of thioether (sulfide) groups is 1. The van der Waals surface area contributed by atoms with Crippen LogP contribution in [0.2, 0.25) is 0 Å². The van der Waals surface area contributed by atoms with E-state index in [1.54, 1.807) is 43.0 Å². The highest BCUT2D eigenvalue weighted by Crippen LogP contribution is 2.18. The fraction of sp³-hybridized carbons (Fsp3) is 0.385. The summed E-state index contributed by atoms with van der Waals surface area (Å²) in [6, 6.07) is 14.1. The molecule has 0 aromatic heterocycles. The van der Waals surface area contributed by atoms with Crippen LogP contribution in [0.5, 0.6) is 0 Å². The van der Waals surface area contributed by atoms with Gasteiger partial charge in [-0.2, -0.15) is 11.8 Å². The zero-order valence-electron chi connectivity index (χ0n) is 20.8. The van der Waals surface area contributed by atoms with Crippen molar-refractivity contribution in [3.05, 3.63) is 54.1 Å². The third-order valence-corrected chi connectivity index (χ3v) is 6.33. The van der Waals surface area contributed by atoms with E-state index in [0.29, 0.717) is 49.4 Å². The predicted molar refractivity (Wildman–Crippen MR) is 146 cm³/mol. The van der Waals surface area contributed by atoms with Crippen LogP contribution in [-0.2, 0) is 20.1 Å². The van der Waals surface area contributed by atoms with E-state index in [1.807, 2.05) is 31.2 Å². The summed E-state index contributed by atoms with van der Waals surface area (Å²) in [5, 5.41) is 11.1. The van der Waals surface area contributed by atoms with Crippen LogP contribution in [0.25, 0.3) is 0 Å². The number of nitrogens with two attached hydrogens (primary N) is 1. The van der Waals surface area contributed by atoms with Crippen LogP contribution in [-0.4, -0.2) is 36.1 Å². The molecular formula is C26H35N5O4S. The van der Waals surface area contributed by atoms with E-state index in [4.69, 9.17) is 5.73 Å². The quantitative estimate of drug-likeness (QED) is 0.239. The molecule has 9 nitrogen and oxygen atoms in total. The first-order chi connectivity index (χ1) is 17.3. The number of hydrogen-bond acceptors (Lipinski definition) is 5. The zero-order valence-corrected chi connectivity index (χ0v) is 21.6. The van der Waals surface area contributed by atoms with E-state index in [1.165, 1.54) is 0 Å². The van der Waals surface area contributed by atoms with E-state index in [2.05, 4.69) is 21.3 Å². The first kappa shape index (κ1) is 28.7. The lowest BCUT2D eigenvalue weighted by Crippen LogP contribution is -2.30. The lowest BCUT2D eigenvalue weighted by molar-refractivity contribution is -0.119. The van der Waals surface area contributed by atoms with Gasteiger partial charge in [0.25, 0.3) is 0 Å². The van der Waals surface area contributed by atoms with Crippen molar-refractivity contribution < 1.29 is 19.2 Å². The number of hydrogen-bond donors (Lipinski definition) is 5. The smallest absolute Gasteiger partial charge is 0.312 e. The Labute approximate surface area is 216 Å². The van der Waals surface area contributed by atoms with Crippen molar-refractivity contribution in [2.24, 2.45) is 11.7 Å². The van der Waals surface area contributed by atoms with Gasteiger partial charge in [-0.15, -0.1) is 0 Å². The second-order valence-corrected chi connectivity index (χ2v) is 9.46. The van der Waals surface area contributed by atoms with Crippen molar-refractivity contribution in [3.8, 4) is 0 Å². The molecule has 0 saturated carbocycles. The number of amides is 5. The predicted octanol–water partition coefficient (Wildman–Crippen LogP) is 4.32. The van der Waals surface area contributed by atoms with E-state index in [-0.39, 0.29) is 23.6 Å². The largest absolute Gasteiger partial charge is 0.352 e. The molecule has 194 valence electrons. The van der Waals surface area contributed by atoms with Gasteiger partial charge >= 0.3 is 6.03 Å². The highest BCUT2D eigenvalue weighted by atomic mass is 32.2. The first-order valence-corrected chi connectivity index (χ1v) is 13.1. The van der Waals surface area contributed by atoms with Crippen LogP contribution in [0, 0.1) is 5.92 Å². The summed E-state index contributed by atoms with van der Waals surface area (Å²) in [5.74, 6) is 1.07. The van der Waals surface area contributed by atoms with Gasteiger partial charge in [0.2, 0.25) is 17.7 Å². The summed E-state index contributed by atoms with van der Waals surface area (Å²) >= 11 is 1.66. The zero-order chi connectivity index (χ0) is 26.3. The van der Waals surface area contributed by atoms with Crippen LogP contribution >= 0.6 is 11.8 Å². The Hall–Kier alpha value is -3.53. The number of primary amides is 1. The van der Waals surface area contributed by atoms with Gasteiger partial charge in [0.05, 0.1) is 0 Å². The molecule has 2 aromatic rings. The Morgan fingerprint density at radius 2 is 1.42 bits per heavy atom. The standard InChI is InChI=1S/C26H35N5O4S/c1-3-23(32)29-20-10-12-21(13-11-20)30-24(33)14-16-36-17-19-6-8-22(9-7-19)31-25(34)18(2)5-4-15-28-26(27)35/h6-13,18H,3-5,14-17H2,1-2H3,(H,29,32)(H,30,33)(H,31,34)(H3,27,28,35)/t18-/m0/s1. The molecule has 2 rings (SSSR count). The molecule has 0 spiro atoms. The molecule has 0 aliphatic carbocycles. The van der Waals surface area contributed by atoms with Crippen molar-refractivity contribution in [1.29, 1.82) is 0 Å². The molecular weight excluding hydrogens is 478 g/mol. The second-order valence-electron chi connectivity index (χ2n) is 8.35. The molecule has 0 radical (unpaired) electrons. The second kappa shape index (κ2) is 15.5. The van der Waals surface area contributed by atoms with Crippen LogP contribution in [0.4, 0.5) is 21.9 Å². The van der Waals surface area contributed by atoms with Gasteiger partial charge in [-0.25, -0.2) is 4.79 Å². The van der Waals surface area contributed by atoms with Gasteiger partial charge in [0.15, 0.2) is 0 Å². The van der Waals surface area contributed by atoms with E-state index in [0.717, 1.165) is 17.0 Å².